The lowest BCUT2D eigenvalue weighted by molar-refractivity contribution is 0.220. The summed E-state index contributed by atoms with van der Waals surface area (Å²) >= 11 is 0. The number of aryl methyl sites for hydroxylation is 2. The predicted molar refractivity (Wildman–Crippen MR) is 73.6 cm³/mol. The van der Waals surface area contributed by atoms with Crippen molar-refractivity contribution in [3.8, 4) is 0 Å². The van der Waals surface area contributed by atoms with Gasteiger partial charge >= 0.3 is 0 Å². The van der Waals surface area contributed by atoms with Crippen LogP contribution < -0.4 is 0 Å². The molecular formula is C17H18O. The van der Waals surface area contributed by atoms with Gasteiger partial charge in [-0.2, -0.15) is 0 Å². The van der Waals surface area contributed by atoms with Gasteiger partial charge in [-0.1, -0.05) is 48.5 Å². The normalized spacial score (nSPS) is 16.1. The fraction of sp³-hybridized carbons (Fsp3) is 0.294. The van der Waals surface area contributed by atoms with Gasteiger partial charge in [-0.15, -0.1) is 0 Å². The molecule has 0 bridgehead atoms. The zero-order valence-corrected chi connectivity index (χ0v) is 10.5. The molecule has 1 N–H and O–H groups in total. The van der Waals surface area contributed by atoms with Gasteiger partial charge in [0.05, 0.1) is 0 Å². The van der Waals surface area contributed by atoms with Gasteiger partial charge in [-0.25, -0.2) is 0 Å². The van der Waals surface area contributed by atoms with Gasteiger partial charge in [0.2, 0.25) is 0 Å². The third kappa shape index (κ3) is 2.19. The van der Waals surface area contributed by atoms with Crippen molar-refractivity contribution in [3.63, 3.8) is 0 Å². The zero-order chi connectivity index (χ0) is 12.4. The summed E-state index contributed by atoms with van der Waals surface area (Å²) in [7, 11) is 0. The third-order valence-corrected chi connectivity index (χ3v) is 3.80. The second-order valence-corrected chi connectivity index (χ2v) is 5.05. The van der Waals surface area contributed by atoms with Crippen LogP contribution in [0.15, 0.2) is 48.5 Å². The van der Waals surface area contributed by atoms with Gasteiger partial charge < -0.3 is 5.11 Å². The van der Waals surface area contributed by atoms with Crippen molar-refractivity contribution in [2.24, 2.45) is 0 Å². The lowest BCUT2D eigenvalue weighted by atomic mass is 9.88. The first kappa shape index (κ1) is 11.5. The van der Waals surface area contributed by atoms with Gasteiger partial charge in [0.15, 0.2) is 0 Å². The topological polar surface area (TPSA) is 20.2 Å². The molecule has 0 fully saturated rings. The molecule has 0 aliphatic heterocycles. The Hall–Kier alpha value is -1.60. The average Bonchev–Trinajstić information content (AvgIpc) is 2.47. The maximum Gasteiger partial charge on any atom is 0.104 e. The fourth-order valence-electron chi connectivity index (χ4n) is 2.75. The first-order valence-electron chi connectivity index (χ1n) is 6.69. The van der Waals surface area contributed by atoms with E-state index in [1.807, 2.05) is 30.3 Å². The van der Waals surface area contributed by atoms with Crippen LogP contribution in [0.5, 0.6) is 0 Å². The largest absolute Gasteiger partial charge is 0.384 e. The van der Waals surface area contributed by atoms with Crippen molar-refractivity contribution in [3.05, 3.63) is 70.8 Å². The molecule has 1 heteroatoms. The standard InChI is InChI=1S/C17H18O/c18-17(14-7-2-1-3-8-14)16-11-10-13-6-4-5-9-15(13)12-16/h1-3,7-8,10-12,17-18H,4-6,9H2/t17-/m0/s1. The smallest absolute Gasteiger partial charge is 0.104 e. The molecule has 2 aromatic rings. The van der Waals surface area contributed by atoms with E-state index in [-0.39, 0.29) is 0 Å². The molecule has 3 rings (SSSR count). The van der Waals surface area contributed by atoms with Crippen LogP contribution in [0, 0.1) is 0 Å². The molecule has 0 aromatic heterocycles. The third-order valence-electron chi connectivity index (χ3n) is 3.80. The van der Waals surface area contributed by atoms with Gasteiger partial charge in [0.25, 0.3) is 0 Å². The van der Waals surface area contributed by atoms with E-state index in [0.29, 0.717) is 0 Å². The van der Waals surface area contributed by atoms with Crippen LogP contribution in [0.4, 0.5) is 0 Å². The van der Waals surface area contributed by atoms with E-state index in [0.717, 1.165) is 17.5 Å². The zero-order valence-electron chi connectivity index (χ0n) is 10.5. The summed E-state index contributed by atoms with van der Waals surface area (Å²) in [4.78, 5) is 0. The summed E-state index contributed by atoms with van der Waals surface area (Å²) in [5.41, 5.74) is 4.87. The van der Waals surface area contributed by atoms with Gasteiger partial charge in [-0.3, -0.25) is 0 Å². The molecule has 1 nitrogen and oxygen atoms in total. The Morgan fingerprint density at radius 2 is 1.50 bits per heavy atom. The van der Waals surface area contributed by atoms with Crippen LogP contribution in [0.1, 0.15) is 41.2 Å². The molecule has 0 saturated carbocycles. The summed E-state index contributed by atoms with van der Waals surface area (Å²) in [6, 6.07) is 16.3. The quantitative estimate of drug-likeness (QED) is 0.846. The van der Waals surface area contributed by atoms with Crippen LogP contribution in [0.3, 0.4) is 0 Å². The summed E-state index contributed by atoms with van der Waals surface area (Å²) in [6.45, 7) is 0. The number of aliphatic hydroxyl groups is 1. The first-order valence-corrected chi connectivity index (χ1v) is 6.69. The van der Waals surface area contributed by atoms with Crippen molar-refractivity contribution in [1.82, 2.24) is 0 Å². The highest BCUT2D eigenvalue weighted by molar-refractivity contribution is 5.38. The van der Waals surface area contributed by atoms with Gasteiger partial charge in [-0.05, 0) is 47.9 Å². The molecule has 92 valence electrons. The Labute approximate surface area is 108 Å². The lowest BCUT2D eigenvalue weighted by Gasteiger charge is -2.19. The van der Waals surface area contributed by atoms with E-state index in [2.05, 4.69) is 18.2 Å². The summed E-state index contributed by atoms with van der Waals surface area (Å²) < 4.78 is 0. The van der Waals surface area contributed by atoms with Crippen molar-refractivity contribution in [1.29, 1.82) is 0 Å². The average molecular weight is 238 g/mol. The van der Waals surface area contributed by atoms with Crippen molar-refractivity contribution in [2.75, 3.05) is 0 Å². The van der Waals surface area contributed by atoms with Crippen LogP contribution >= 0.6 is 0 Å². The molecule has 1 atom stereocenters. The maximum atomic E-state index is 10.4. The number of hydrogen-bond donors (Lipinski definition) is 1. The summed E-state index contributed by atoms with van der Waals surface area (Å²) in [5.74, 6) is 0. The highest BCUT2D eigenvalue weighted by Gasteiger charge is 2.14. The first-order chi connectivity index (χ1) is 8.84. The molecule has 0 heterocycles. The molecular weight excluding hydrogens is 220 g/mol. The minimum absolute atomic E-state index is 0.501. The van der Waals surface area contributed by atoms with Crippen molar-refractivity contribution >= 4 is 0 Å². The molecule has 0 radical (unpaired) electrons. The Kier molecular flexibility index (Phi) is 3.16. The van der Waals surface area contributed by atoms with E-state index < -0.39 is 6.10 Å². The van der Waals surface area contributed by atoms with Crippen LogP contribution in [0.25, 0.3) is 0 Å². The summed E-state index contributed by atoms with van der Waals surface area (Å²) in [6.07, 6.45) is 4.42. The number of rotatable bonds is 2. The molecule has 0 amide bonds. The van der Waals surface area contributed by atoms with E-state index in [1.165, 1.54) is 30.4 Å². The molecule has 1 aliphatic carbocycles. The highest BCUT2D eigenvalue weighted by Crippen LogP contribution is 2.27. The molecule has 18 heavy (non-hydrogen) atoms. The minimum atomic E-state index is -0.501. The highest BCUT2D eigenvalue weighted by atomic mass is 16.3. The molecule has 0 saturated heterocycles. The van der Waals surface area contributed by atoms with E-state index in [9.17, 15) is 5.11 Å². The van der Waals surface area contributed by atoms with Crippen LogP contribution in [-0.4, -0.2) is 5.11 Å². The summed E-state index contributed by atoms with van der Waals surface area (Å²) in [5, 5.41) is 10.4. The fourth-order valence-corrected chi connectivity index (χ4v) is 2.75. The van der Waals surface area contributed by atoms with E-state index in [4.69, 9.17) is 0 Å². The van der Waals surface area contributed by atoms with E-state index in [1.54, 1.807) is 0 Å². The second kappa shape index (κ2) is 4.95. The molecule has 2 aromatic carbocycles. The van der Waals surface area contributed by atoms with Crippen LogP contribution in [-0.2, 0) is 12.8 Å². The number of hydrogen-bond acceptors (Lipinski definition) is 1. The van der Waals surface area contributed by atoms with Crippen molar-refractivity contribution in [2.45, 2.75) is 31.8 Å². The monoisotopic (exact) mass is 238 g/mol. The molecule has 0 spiro atoms. The lowest BCUT2D eigenvalue weighted by Crippen LogP contribution is -2.06. The molecule has 0 unspecified atom stereocenters. The minimum Gasteiger partial charge on any atom is -0.384 e. The predicted octanol–water partition coefficient (Wildman–Crippen LogP) is 3.65. The Morgan fingerprint density at radius 3 is 2.28 bits per heavy atom. The Bertz CT molecular complexity index is 531. The SMILES string of the molecule is O[C@@H](c1ccccc1)c1ccc2c(c1)CCCC2. The van der Waals surface area contributed by atoms with Crippen LogP contribution in [0.2, 0.25) is 0 Å². The van der Waals surface area contributed by atoms with Gasteiger partial charge in [0.1, 0.15) is 6.10 Å². The maximum absolute atomic E-state index is 10.4. The van der Waals surface area contributed by atoms with Crippen molar-refractivity contribution < 1.29 is 5.11 Å². The Morgan fingerprint density at radius 1 is 0.778 bits per heavy atom. The number of fused-ring (bicyclic) bond motifs is 1. The molecule has 1 aliphatic rings. The second-order valence-electron chi connectivity index (χ2n) is 5.05. The van der Waals surface area contributed by atoms with Gasteiger partial charge in [0, 0.05) is 0 Å². The number of benzene rings is 2. The number of aliphatic hydroxyl groups excluding tert-OH is 1. The van der Waals surface area contributed by atoms with E-state index >= 15 is 0 Å². The Balaban J connectivity index is 1.93.